The molecule has 25 heavy (non-hydrogen) atoms. The van der Waals surface area contributed by atoms with Crippen LogP contribution in [0.15, 0.2) is 70.6 Å². The molecule has 2 aromatic carbocycles. The molecular formula is C18H15FN2O2S2. The van der Waals surface area contributed by atoms with E-state index in [-0.39, 0.29) is 4.90 Å². The van der Waals surface area contributed by atoms with Crippen LogP contribution >= 0.6 is 11.3 Å². The maximum absolute atomic E-state index is 12.9. The molecule has 7 heteroatoms. The number of nitrogens with one attached hydrogen (secondary N) is 1. The second-order valence-electron chi connectivity index (χ2n) is 5.31. The Morgan fingerprint density at radius 2 is 1.68 bits per heavy atom. The molecule has 1 N–H and O–H groups in total. The molecule has 3 aromatic rings. The Balaban J connectivity index is 1.74. The van der Waals surface area contributed by atoms with E-state index in [0.717, 1.165) is 4.88 Å². The molecular weight excluding hydrogens is 359 g/mol. The highest BCUT2D eigenvalue weighted by Crippen LogP contribution is 2.20. The summed E-state index contributed by atoms with van der Waals surface area (Å²) in [6, 6.07) is 15.4. The molecule has 1 heterocycles. The molecule has 0 amide bonds. The van der Waals surface area contributed by atoms with E-state index in [1.807, 2.05) is 19.1 Å². The lowest BCUT2D eigenvalue weighted by molar-refractivity contribution is 0.601. The summed E-state index contributed by atoms with van der Waals surface area (Å²) in [7, 11) is -3.73. The third-order valence-electron chi connectivity index (χ3n) is 3.35. The summed E-state index contributed by atoms with van der Waals surface area (Å²) in [6.07, 6.45) is 1.75. The van der Waals surface area contributed by atoms with Gasteiger partial charge in [0.2, 0.25) is 0 Å². The topological polar surface area (TPSA) is 58.5 Å². The molecule has 0 aliphatic rings. The average Bonchev–Trinajstić information content (AvgIpc) is 3.01. The van der Waals surface area contributed by atoms with Crippen molar-refractivity contribution in [1.29, 1.82) is 0 Å². The van der Waals surface area contributed by atoms with Gasteiger partial charge >= 0.3 is 0 Å². The number of thiophene rings is 1. The number of benzene rings is 2. The molecule has 4 nitrogen and oxygen atoms in total. The lowest BCUT2D eigenvalue weighted by atomic mass is 10.3. The zero-order valence-corrected chi connectivity index (χ0v) is 14.9. The fraction of sp³-hybridized carbons (Fsp3) is 0.0556. The summed E-state index contributed by atoms with van der Waals surface area (Å²) in [6.45, 7) is 2.02. The number of sulfonamides is 1. The third kappa shape index (κ3) is 4.52. The van der Waals surface area contributed by atoms with Crippen LogP contribution in [0.3, 0.4) is 0 Å². The molecule has 0 radical (unpaired) electrons. The zero-order chi connectivity index (χ0) is 17.9. The summed E-state index contributed by atoms with van der Waals surface area (Å²) < 4.78 is 40.0. The van der Waals surface area contributed by atoms with E-state index in [1.165, 1.54) is 41.3 Å². The second-order valence-corrected chi connectivity index (χ2v) is 8.31. The van der Waals surface area contributed by atoms with E-state index in [2.05, 4.69) is 9.71 Å². The first-order valence-electron chi connectivity index (χ1n) is 7.41. The van der Waals surface area contributed by atoms with Crippen LogP contribution in [0.2, 0.25) is 0 Å². The van der Waals surface area contributed by atoms with Crippen LogP contribution in [0, 0.1) is 12.7 Å². The van der Waals surface area contributed by atoms with Gasteiger partial charge in [-0.2, -0.15) is 0 Å². The third-order valence-corrected chi connectivity index (χ3v) is 5.68. The largest absolute Gasteiger partial charge is 0.280 e. The van der Waals surface area contributed by atoms with Gasteiger partial charge in [0.1, 0.15) is 5.82 Å². The minimum absolute atomic E-state index is 0.114. The molecule has 0 bridgehead atoms. The molecule has 0 fully saturated rings. The number of rotatable bonds is 5. The smallest absolute Gasteiger partial charge is 0.261 e. The number of hydrogen-bond acceptors (Lipinski definition) is 4. The van der Waals surface area contributed by atoms with Crippen molar-refractivity contribution in [1.82, 2.24) is 0 Å². The lowest BCUT2D eigenvalue weighted by Crippen LogP contribution is -2.12. The molecule has 0 spiro atoms. The van der Waals surface area contributed by atoms with Crippen LogP contribution in [0.1, 0.15) is 9.75 Å². The Labute approximate surface area is 149 Å². The number of halogens is 1. The Kier molecular flexibility index (Phi) is 4.96. The van der Waals surface area contributed by atoms with Crippen molar-refractivity contribution >= 4 is 38.9 Å². The quantitative estimate of drug-likeness (QED) is 0.655. The number of nitrogens with zero attached hydrogens (tertiary/aromatic N) is 1. The summed E-state index contributed by atoms with van der Waals surface area (Å²) >= 11 is 1.63. The predicted molar refractivity (Wildman–Crippen MR) is 100.0 cm³/mol. The van der Waals surface area contributed by atoms with Gasteiger partial charge in [-0.25, -0.2) is 12.8 Å². The highest BCUT2D eigenvalue weighted by atomic mass is 32.2. The van der Waals surface area contributed by atoms with Gasteiger partial charge < -0.3 is 0 Å². The summed E-state index contributed by atoms with van der Waals surface area (Å²) in [5, 5.41) is 0. The molecule has 0 aliphatic carbocycles. The zero-order valence-electron chi connectivity index (χ0n) is 13.3. The monoisotopic (exact) mass is 374 g/mol. The van der Waals surface area contributed by atoms with E-state index in [9.17, 15) is 12.8 Å². The van der Waals surface area contributed by atoms with Crippen LogP contribution in [0.5, 0.6) is 0 Å². The first-order valence-corrected chi connectivity index (χ1v) is 9.71. The number of anilines is 1. The molecule has 0 saturated carbocycles. The Morgan fingerprint density at radius 3 is 2.28 bits per heavy atom. The van der Waals surface area contributed by atoms with Crippen LogP contribution in [0.25, 0.3) is 0 Å². The first kappa shape index (κ1) is 17.3. The van der Waals surface area contributed by atoms with E-state index in [0.29, 0.717) is 11.4 Å². The van der Waals surface area contributed by atoms with Crippen molar-refractivity contribution < 1.29 is 12.8 Å². The fourth-order valence-corrected chi connectivity index (χ4v) is 3.91. The predicted octanol–water partition coefficient (Wildman–Crippen LogP) is 4.75. The van der Waals surface area contributed by atoms with Crippen molar-refractivity contribution in [2.45, 2.75) is 11.8 Å². The van der Waals surface area contributed by atoms with Crippen molar-refractivity contribution in [2.75, 3.05) is 4.72 Å². The van der Waals surface area contributed by atoms with Crippen molar-refractivity contribution in [3.63, 3.8) is 0 Å². The molecule has 0 aliphatic heterocycles. The van der Waals surface area contributed by atoms with Crippen LogP contribution in [-0.4, -0.2) is 14.6 Å². The van der Waals surface area contributed by atoms with Gasteiger partial charge in [0.15, 0.2) is 0 Å². The van der Waals surface area contributed by atoms with Gasteiger partial charge in [0.25, 0.3) is 10.0 Å². The van der Waals surface area contributed by atoms with Gasteiger partial charge in [-0.15, -0.1) is 11.3 Å². The van der Waals surface area contributed by atoms with Gasteiger partial charge in [0, 0.05) is 21.7 Å². The van der Waals surface area contributed by atoms with Gasteiger partial charge in [-0.3, -0.25) is 9.71 Å². The maximum atomic E-state index is 12.9. The van der Waals surface area contributed by atoms with E-state index in [4.69, 9.17) is 0 Å². The van der Waals surface area contributed by atoms with Crippen LogP contribution < -0.4 is 4.72 Å². The van der Waals surface area contributed by atoms with Crippen molar-refractivity contribution in [3.05, 3.63) is 76.2 Å². The summed E-state index contributed by atoms with van der Waals surface area (Å²) in [5.74, 6) is -0.425. The van der Waals surface area contributed by atoms with E-state index < -0.39 is 15.8 Å². The maximum Gasteiger partial charge on any atom is 0.261 e. The summed E-state index contributed by atoms with van der Waals surface area (Å²) in [4.78, 5) is 6.69. The Bertz CT molecular complexity index is 992. The van der Waals surface area contributed by atoms with Gasteiger partial charge in [0.05, 0.1) is 10.6 Å². The van der Waals surface area contributed by atoms with E-state index >= 15 is 0 Å². The normalized spacial score (nSPS) is 11.8. The molecule has 0 atom stereocenters. The molecule has 128 valence electrons. The Hall–Kier alpha value is -2.51. The van der Waals surface area contributed by atoms with Gasteiger partial charge in [-0.1, -0.05) is 0 Å². The Morgan fingerprint density at radius 1 is 1.00 bits per heavy atom. The van der Waals surface area contributed by atoms with Gasteiger partial charge in [-0.05, 0) is 67.6 Å². The molecule has 3 rings (SSSR count). The second kappa shape index (κ2) is 7.16. The number of hydrogen-bond donors (Lipinski definition) is 1. The highest BCUT2D eigenvalue weighted by molar-refractivity contribution is 7.92. The van der Waals surface area contributed by atoms with Crippen molar-refractivity contribution in [3.8, 4) is 0 Å². The average molecular weight is 374 g/mol. The number of aryl methyl sites for hydroxylation is 1. The number of aliphatic imine (C=N–C) groups is 1. The standard InChI is InChI=1S/C18H15FN2O2S2/c1-13-2-9-17(24-13)12-20-15-7-10-18(11-8-15)25(22,23)21-16-5-3-14(19)4-6-16/h2-12,21H,1H3. The molecule has 0 unspecified atom stereocenters. The SMILES string of the molecule is Cc1ccc(C=Nc2ccc(S(=O)(=O)Nc3ccc(F)cc3)cc2)s1. The molecule has 1 aromatic heterocycles. The molecule has 0 saturated heterocycles. The van der Waals surface area contributed by atoms with Crippen LogP contribution in [0.4, 0.5) is 15.8 Å². The fourth-order valence-electron chi connectivity index (χ4n) is 2.10. The minimum atomic E-state index is -3.73. The van der Waals surface area contributed by atoms with Crippen LogP contribution in [-0.2, 0) is 10.0 Å². The summed E-state index contributed by atoms with van der Waals surface area (Å²) in [5.41, 5.74) is 0.961. The highest BCUT2D eigenvalue weighted by Gasteiger charge is 2.13. The lowest BCUT2D eigenvalue weighted by Gasteiger charge is -2.08. The van der Waals surface area contributed by atoms with E-state index in [1.54, 1.807) is 29.7 Å². The minimum Gasteiger partial charge on any atom is -0.280 e. The first-order chi connectivity index (χ1) is 11.9. The van der Waals surface area contributed by atoms with Crippen molar-refractivity contribution in [2.24, 2.45) is 4.99 Å².